The summed E-state index contributed by atoms with van der Waals surface area (Å²) in [4.78, 5) is 47.5. The van der Waals surface area contributed by atoms with Gasteiger partial charge in [0.15, 0.2) is 0 Å². The number of hydrogen-bond acceptors (Lipinski definition) is 4. The Bertz CT molecular complexity index is 1380. The number of urea groups is 1. The molecule has 1 aromatic heterocycles. The number of benzene rings is 2. The van der Waals surface area contributed by atoms with E-state index in [-0.39, 0.29) is 23.5 Å². The highest BCUT2D eigenvalue weighted by atomic mass is 16.2. The molecule has 0 bridgehead atoms. The van der Waals surface area contributed by atoms with Crippen LogP contribution in [0.4, 0.5) is 22.0 Å². The molecule has 0 atom stereocenters. The van der Waals surface area contributed by atoms with Crippen molar-refractivity contribution in [2.45, 2.75) is 31.7 Å². The second-order valence-corrected chi connectivity index (χ2v) is 9.70. The van der Waals surface area contributed by atoms with Crippen LogP contribution in [0.2, 0.25) is 0 Å². The number of nitrogens with zero attached hydrogens (tertiary/aromatic N) is 3. The molecule has 1 saturated heterocycles. The van der Waals surface area contributed by atoms with Crippen LogP contribution in [-0.2, 0) is 12.8 Å². The number of aromatic nitrogens is 1. The van der Waals surface area contributed by atoms with Gasteiger partial charge in [0, 0.05) is 55.2 Å². The van der Waals surface area contributed by atoms with E-state index in [1.807, 2.05) is 47.4 Å². The monoisotopic (exact) mass is 483 g/mol. The first-order valence-corrected chi connectivity index (χ1v) is 12.6. The maximum Gasteiger partial charge on any atom is 0.322 e. The fourth-order valence-corrected chi connectivity index (χ4v) is 5.68. The van der Waals surface area contributed by atoms with Gasteiger partial charge in [0.05, 0.1) is 0 Å². The van der Waals surface area contributed by atoms with E-state index in [0.717, 1.165) is 48.2 Å². The quantitative estimate of drug-likeness (QED) is 0.595. The molecule has 0 unspecified atom stereocenters. The fourth-order valence-electron chi connectivity index (χ4n) is 5.68. The van der Waals surface area contributed by atoms with Crippen molar-refractivity contribution < 1.29 is 9.59 Å². The summed E-state index contributed by atoms with van der Waals surface area (Å²) in [5, 5.41) is 3.06. The van der Waals surface area contributed by atoms with Crippen LogP contribution in [0.5, 0.6) is 0 Å². The molecular weight excluding hydrogens is 454 g/mol. The number of hydrogen-bond donors (Lipinski definition) is 2. The van der Waals surface area contributed by atoms with Crippen molar-refractivity contribution in [2.75, 3.05) is 41.3 Å². The van der Waals surface area contributed by atoms with Gasteiger partial charge in [-0.1, -0.05) is 36.4 Å². The van der Waals surface area contributed by atoms with Crippen LogP contribution in [0.25, 0.3) is 0 Å². The van der Waals surface area contributed by atoms with Crippen molar-refractivity contribution in [3.63, 3.8) is 0 Å². The molecule has 8 heteroatoms. The smallest absolute Gasteiger partial charge is 0.322 e. The summed E-state index contributed by atoms with van der Waals surface area (Å²) in [6.07, 6.45) is 3.24. The number of pyridine rings is 1. The third kappa shape index (κ3) is 4.12. The molecule has 3 aliphatic rings. The molecule has 0 radical (unpaired) electrons. The van der Waals surface area contributed by atoms with Crippen molar-refractivity contribution in [2.24, 2.45) is 0 Å². The normalized spacial score (nSPS) is 17.9. The second-order valence-electron chi connectivity index (χ2n) is 9.70. The summed E-state index contributed by atoms with van der Waals surface area (Å²) in [5.74, 6) is 0.507. The maximum absolute atomic E-state index is 13.3. The molecule has 4 heterocycles. The number of aromatic amines is 1. The predicted molar refractivity (Wildman–Crippen MR) is 140 cm³/mol. The van der Waals surface area contributed by atoms with Gasteiger partial charge in [-0.2, -0.15) is 0 Å². The lowest BCUT2D eigenvalue weighted by atomic mass is 10.0. The summed E-state index contributed by atoms with van der Waals surface area (Å²) < 4.78 is 0. The molecule has 3 aliphatic heterocycles. The molecule has 184 valence electrons. The van der Waals surface area contributed by atoms with E-state index in [4.69, 9.17) is 0 Å². The molecule has 0 saturated carbocycles. The highest BCUT2D eigenvalue weighted by Crippen LogP contribution is 2.30. The van der Waals surface area contributed by atoms with Gasteiger partial charge in [-0.3, -0.25) is 9.59 Å². The van der Waals surface area contributed by atoms with Crippen molar-refractivity contribution in [1.29, 1.82) is 0 Å². The minimum absolute atomic E-state index is 0.0507. The molecule has 36 heavy (non-hydrogen) atoms. The zero-order chi connectivity index (χ0) is 24.6. The van der Waals surface area contributed by atoms with E-state index in [1.165, 1.54) is 6.07 Å². The number of rotatable bonds is 3. The van der Waals surface area contributed by atoms with Crippen LogP contribution in [0.15, 0.2) is 65.5 Å². The largest absolute Gasteiger partial charge is 0.358 e. The topological polar surface area (TPSA) is 88.7 Å². The van der Waals surface area contributed by atoms with Gasteiger partial charge in [0.25, 0.3) is 5.91 Å². The molecule has 0 spiro atoms. The standard InChI is InChI=1S/C28H29N5O3/c34-26-18-21(27(35)33-16-10-20-6-2-4-8-24(20)33)17-25(30-26)31-13-11-22(12-14-31)32-15-9-19-5-1-3-7-23(19)29-28(32)36/h1-8,17-18,22H,9-16H2,(H,29,36)(H,30,34). The zero-order valence-corrected chi connectivity index (χ0v) is 20.1. The molecule has 6 rings (SSSR count). The lowest BCUT2D eigenvalue weighted by Gasteiger charge is -2.38. The molecule has 0 aliphatic carbocycles. The Morgan fingerprint density at radius 3 is 2.39 bits per heavy atom. The van der Waals surface area contributed by atoms with Gasteiger partial charge in [-0.25, -0.2) is 4.79 Å². The first-order chi connectivity index (χ1) is 17.6. The molecule has 3 aromatic rings. The van der Waals surface area contributed by atoms with Crippen LogP contribution in [0.3, 0.4) is 0 Å². The lowest BCUT2D eigenvalue weighted by molar-refractivity contribution is 0.0989. The van der Waals surface area contributed by atoms with Gasteiger partial charge in [0.2, 0.25) is 5.56 Å². The summed E-state index contributed by atoms with van der Waals surface area (Å²) in [7, 11) is 0. The Balaban J connectivity index is 1.15. The van der Waals surface area contributed by atoms with Crippen LogP contribution in [-0.4, -0.2) is 54.0 Å². The van der Waals surface area contributed by atoms with Crippen molar-refractivity contribution >= 4 is 29.1 Å². The number of piperidine rings is 1. The van der Waals surface area contributed by atoms with E-state index in [1.54, 1.807) is 11.0 Å². The Labute approximate surface area is 209 Å². The SMILES string of the molecule is O=C(c1cc(N2CCC(N3CCc4ccccc4NC3=O)CC2)[nH]c(=O)c1)N1CCc2ccccc21. The zero-order valence-electron chi connectivity index (χ0n) is 20.1. The molecule has 8 nitrogen and oxygen atoms in total. The van der Waals surface area contributed by atoms with Crippen molar-refractivity contribution in [3.05, 3.63) is 87.7 Å². The molecular formula is C28H29N5O3. The van der Waals surface area contributed by atoms with Crippen LogP contribution < -0.4 is 20.7 Å². The van der Waals surface area contributed by atoms with E-state index < -0.39 is 0 Å². The average Bonchev–Trinajstić information content (AvgIpc) is 3.25. The number of anilines is 3. The fraction of sp³-hybridized carbons (Fsp3) is 0.321. The van der Waals surface area contributed by atoms with Gasteiger partial charge >= 0.3 is 6.03 Å². The van der Waals surface area contributed by atoms with Crippen molar-refractivity contribution in [1.82, 2.24) is 9.88 Å². The number of carbonyl (C=O) groups excluding carboxylic acids is 2. The number of fused-ring (bicyclic) bond motifs is 2. The first-order valence-electron chi connectivity index (χ1n) is 12.6. The third-order valence-corrected chi connectivity index (χ3v) is 7.60. The summed E-state index contributed by atoms with van der Waals surface area (Å²) in [6, 6.07) is 19.1. The van der Waals surface area contributed by atoms with Crippen molar-refractivity contribution in [3.8, 4) is 0 Å². The van der Waals surface area contributed by atoms with Crippen LogP contribution in [0.1, 0.15) is 34.3 Å². The second kappa shape index (κ2) is 9.18. The van der Waals surface area contributed by atoms with Crippen LogP contribution in [0, 0.1) is 0 Å². The lowest BCUT2D eigenvalue weighted by Crippen LogP contribution is -2.49. The minimum atomic E-state index is -0.282. The maximum atomic E-state index is 13.3. The Morgan fingerprint density at radius 2 is 1.56 bits per heavy atom. The number of amides is 3. The molecule has 3 amide bonds. The highest BCUT2D eigenvalue weighted by molar-refractivity contribution is 6.07. The molecule has 1 fully saturated rings. The minimum Gasteiger partial charge on any atom is -0.358 e. The number of para-hydroxylation sites is 2. The molecule has 2 aromatic carbocycles. The number of nitrogens with one attached hydrogen (secondary N) is 2. The van der Waals surface area contributed by atoms with Gasteiger partial charge in [-0.05, 0) is 55.0 Å². The number of H-pyrrole nitrogens is 1. The van der Waals surface area contributed by atoms with E-state index in [0.29, 0.717) is 37.6 Å². The van der Waals surface area contributed by atoms with Gasteiger partial charge < -0.3 is 25.0 Å². The number of carbonyl (C=O) groups is 2. The van der Waals surface area contributed by atoms with Crippen LogP contribution >= 0.6 is 0 Å². The average molecular weight is 484 g/mol. The Hall–Kier alpha value is -4.07. The first kappa shape index (κ1) is 22.4. The summed E-state index contributed by atoms with van der Waals surface area (Å²) in [6.45, 7) is 2.70. The molecule has 2 N–H and O–H groups in total. The summed E-state index contributed by atoms with van der Waals surface area (Å²) in [5.41, 5.74) is 4.24. The third-order valence-electron chi connectivity index (χ3n) is 7.60. The Kier molecular flexibility index (Phi) is 5.71. The highest BCUT2D eigenvalue weighted by Gasteiger charge is 2.31. The van der Waals surface area contributed by atoms with E-state index in [2.05, 4.69) is 21.3 Å². The predicted octanol–water partition coefficient (Wildman–Crippen LogP) is 3.64. The summed E-state index contributed by atoms with van der Waals surface area (Å²) >= 11 is 0. The van der Waals surface area contributed by atoms with E-state index in [9.17, 15) is 14.4 Å². The van der Waals surface area contributed by atoms with E-state index >= 15 is 0 Å². The Morgan fingerprint density at radius 1 is 0.833 bits per heavy atom. The van der Waals surface area contributed by atoms with Gasteiger partial charge in [0.1, 0.15) is 5.82 Å². The van der Waals surface area contributed by atoms with Gasteiger partial charge in [-0.15, -0.1) is 0 Å².